The van der Waals surface area contributed by atoms with E-state index in [1.807, 2.05) is 32.0 Å². The molecule has 1 rings (SSSR count). The highest BCUT2D eigenvalue weighted by molar-refractivity contribution is 5.09. The van der Waals surface area contributed by atoms with Gasteiger partial charge in [-0.05, 0) is 19.9 Å². The summed E-state index contributed by atoms with van der Waals surface area (Å²) in [5.41, 5.74) is 0. The Morgan fingerprint density at radius 3 is 2.00 bits per heavy atom. The Balaban J connectivity index is 0.000000361. The van der Waals surface area contributed by atoms with Gasteiger partial charge in [0.1, 0.15) is 0 Å². The molecule has 2 N–H and O–H groups in total. The quantitative estimate of drug-likeness (QED) is 0.656. The highest BCUT2D eigenvalue weighted by atomic mass is 16.5. The van der Waals surface area contributed by atoms with Crippen molar-refractivity contribution in [2.75, 3.05) is 39.6 Å². The first-order chi connectivity index (χ1) is 9.70. The highest BCUT2D eigenvalue weighted by Gasteiger charge is 1.94. The molecule has 0 aliphatic carbocycles. The average Bonchev–Trinajstić information content (AvgIpc) is 2.44. The predicted octanol–water partition coefficient (Wildman–Crippen LogP) is 0.873. The van der Waals surface area contributed by atoms with Crippen molar-refractivity contribution in [3.05, 3.63) is 24.4 Å². The average molecular weight is 287 g/mol. The van der Waals surface area contributed by atoms with Crippen molar-refractivity contribution in [3.63, 3.8) is 0 Å². The number of rotatable bonds is 9. The van der Waals surface area contributed by atoms with Crippen LogP contribution in [0.2, 0.25) is 0 Å². The van der Waals surface area contributed by atoms with Gasteiger partial charge in [0.2, 0.25) is 5.88 Å². The summed E-state index contributed by atoms with van der Waals surface area (Å²) in [7, 11) is 0. The minimum Gasteiger partial charge on any atom is -0.475 e. The second kappa shape index (κ2) is 14.2. The fraction of sp³-hybridized carbons (Fsp3) is 0.643. The maximum absolute atomic E-state index is 8.26. The third kappa shape index (κ3) is 13.2. The lowest BCUT2D eigenvalue weighted by atomic mass is 10.4. The second-order valence-electron chi connectivity index (χ2n) is 4.01. The zero-order valence-corrected chi connectivity index (χ0v) is 12.2. The molecule has 0 fully saturated rings. The van der Waals surface area contributed by atoms with Crippen molar-refractivity contribution < 1.29 is 24.4 Å². The van der Waals surface area contributed by atoms with Gasteiger partial charge in [-0.25, -0.2) is 4.98 Å². The largest absolute Gasteiger partial charge is 0.475 e. The van der Waals surface area contributed by atoms with Gasteiger partial charge in [0.25, 0.3) is 0 Å². The van der Waals surface area contributed by atoms with E-state index in [4.69, 9.17) is 24.4 Å². The fourth-order valence-electron chi connectivity index (χ4n) is 1.11. The summed E-state index contributed by atoms with van der Waals surface area (Å²) in [5.74, 6) is 0.692. The topological polar surface area (TPSA) is 81.0 Å². The molecule has 0 aliphatic rings. The highest BCUT2D eigenvalue weighted by Crippen LogP contribution is 2.04. The number of ether oxygens (including phenoxy) is 3. The number of nitrogens with zero attached hydrogens (tertiary/aromatic N) is 1. The summed E-state index contributed by atoms with van der Waals surface area (Å²) in [5, 5.41) is 16.5. The summed E-state index contributed by atoms with van der Waals surface area (Å²) in [6.45, 7) is 5.69. The van der Waals surface area contributed by atoms with E-state index in [1.165, 1.54) is 0 Å². The smallest absolute Gasteiger partial charge is 0.213 e. The van der Waals surface area contributed by atoms with E-state index in [-0.39, 0.29) is 19.3 Å². The molecule has 1 heterocycles. The fourth-order valence-corrected chi connectivity index (χ4v) is 1.11. The SMILES string of the molecule is CC(C)Oc1ccccn1.OCCOCCOCCO. The van der Waals surface area contributed by atoms with Crippen LogP contribution in [0.4, 0.5) is 0 Å². The van der Waals surface area contributed by atoms with E-state index >= 15 is 0 Å². The molecule has 0 amide bonds. The van der Waals surface area contributed by atoms with Crippen LogP contribution >= 0.6 is 0 Å². The lowest BCUT2D eigenvalue weighted by Gasteiger charge is -2.06. The molecule has 0 aromatic carbocycles. The van der Waals surface area contributed by atoms with Crippen LogP contribution in [0, 0.1) is 0 Å². The molecule has 6 nitrogen and oxygen atoms in total. The van der Waals surface area contributed by atoms with Crippen molar-refractivity contribution in [2.24, 2.45) is 0 Å². The lowest BCUT2D eigenvalue weighted by molar-refractivity contribution is 0.0222. The van der Waals surface area contributed by atoms with E-state index in [9.17, 15) is 0 Å². The molecule has 1 aromatic heterocycles. The van der Waals surface area contributed by atoms with E-state index < -0.39 is 0 Å². The van der Waals surface area contributed by atoms with Gasteiger partial charge in [-0.3, -0.25) is 0 Å². The molecule has 0 atom stereocenters. The van der Waals surface area contributed by atoms with Crippen molar-refractivity contribution in [2.45, 2.75) is 20.0 Å². The minimum absolute atomic E-state index is 0.0417. The van der Waals surface area contributed by atoms with Crippen LogP contribution in [-0.4, -0.2) is 60.9 Å². The van der Waals surface area contributed by atoms with Gasteiger partial charge in [-0.2, -0.15) is 0 Å². The Morgan fingerprint density at radius 2 is 1.60 bits per heavy atom. The van der Waals surface area contributed by atoms with Crippen LogP contribution in [0.15, 0.2) is 24.4 Å². The van der Waals surface area contributed by atoms with Crippen molar-refractivity contribution in [3.8, 4) is 5.88 Å². The minimum atomic E-state index is 0.0417. The van der Waals surface area contributed by atoms with Crippen molar-refractivity contribution >= 4 is 0 Å². The standard InChI is InChI=1S/C8H11NO.C6H14O4/c1-7(2)10-8-5-3-4-6-9-8;7-1-3-9-5-6-10-4-2-8/h3-7H,1-2H3;7-8H,1-6H2. The van der Waals surface area contributed by atoms with Crippen molar-refractivity contribution in [1.29, 1.82) is 0 Å². The zero-order chi connectivity index (χ0) is 15.1. The summed E-state index contributed by atoms with van der Waals surface area (Å²) >= 11 is 0. The number of hydrogen-bond donors (Lipinski definition) is 2. The van der Waals surface area contributed by atoms with Crippen LogP contribution in [0.1, 0.15) is 13.8 Å². The van der Waals surface area contributed by atoms with Gasteiger partial charge in [-0.15, -0.1) is 0 Å². The summed E-state index contributed by atoms with van der Waals surface area (Å²) in [4.78, 5) is 4.00. The monoisotopic (exact) mass is 287 g/mol. The molecule has 0 unspecified atom stereocenters. The van der Waals surface area contributed by atoms with E-state index in [0.29, 0.717) is 32.3 Å². The molecule has 1 aromatic rings. The maximum atomic E-state index is 8.26. The zero-order valence-electron chi connectivity index (χ0n) is 12.2. The number of hydrogen-bond acceptors (Lipinski definition) is 6. The molecule has 0 aliphatic heterocycles. The number of aromatic nitrogens is 1. The molecule has 0 radical (unpaired) electrons. The molecular weight excluding hydrogens is 262 g/mol. The third-order valence-electron chi connectivity index (χ3n) is 1.84. The summed E-state index contributed by atoms with van der Waals surface area (Å²) in [6.07, 6.45) is 1.92. The van der Waals surface area contributed by atoms with Crippen LogP contribution in [0.5, 0.6) is 5.88 Å². The van der Waals surface area contributed by atoms with E-state index in [2.05, 4.69) is 4.98 Å². The third-order valence-corrected chi connectivity index (χ3v) is 1.84. The molecule has 6 heteroatoms. The normalized spacial score (nSPS) is 10.1. The van der Waals surface area contributed by atoms with Gasteiger partial charge in [0, 0.05) is 12.3 Å². The Morgan fingerprint density at radius 1 is 1.00 bits per heavy atom. The van der Waals surface area contributed by atoms with Gasteiger partial charge in [-0.1, -0.05) is 6.07 Å². The van der Waals surface area contributed by atoms with Gasteiger partial charge in [0.15, 0.2) is 0 Å². The summed E-state index contributed by atoms with van der Waals surface area (Å²) < 4.78 is 15.0. The Kier molecular flexibility index (Phi) is 13.3. The number of aliphatic hydroxyl groups is 2. The first-order valence-electron chi connectivity index (χ1n) is 6.65. The molecule has 20 heavy (non-hydrogen) atoms. The van der Waals surface area contributed by atoms with E-state index in [0.717, 1.165) is 0 Å². The second-order valence-corrected chi connectivity index (χ2v) is 4.01. The van der Waals surface area contributed by atoms with Crippen molar-refractivity contribution in [1.82, 2.24) is 4.98 Å². The predicted molar refractivity (Wildman–Crippen MR) is 75.8 cm³/mol. The number of pyridine rings is 1. The van der Waals surface area contributed by atoms with Gasteiger partial charge in [0.05, 0.1) is 45.7 Å². The Labute approximate surface area is 120 Å². The van der Waals surface area contributed by atoms with E-state index in [1.54, 1.807) is 6.20 Å². The van der Waals surface area contributed by atoms with Gasteiger partial charge < -0.3 is 24.4 Å². The Hall–Kier alpha value is -1.21. The molecule has 0 saturated heterocycles. The first kappa shape index (κ1) is 18.8. The molecule has 0 spiro atoms. The van der Waals surface area contributed by atoms with Crippen LogP contribution in [0.25, 0.3) is 0 Å². The Bertz CT molecular complexity index is 287. The maximum Gasteiger partial charge on any atom is 0.213 e. The molecular formula is C14H25NO5. The molecule has 0 saturated carbocycles. The molecule has 116 valence electrons. The first-order valence-corrected chi connectivity index (χ1v) is 6.65. The number of aliphatic hydroxyl groups excluding tert-OH is 2. The lowest BCUT2D eigenvalue weighted by Crippen LogP contribution is -2.09. The van der Waals surface area contributed by atoms with Crippen LogP contribution < -0.4 is 4.74 Å². The van der Waals surface area contributed by atoms with Gasteiger partial charge >= 0.3 is 0 Å². The summed E-state index contributed by atoms with van der Waals surface area (Å²) in [6, 6.07) is 5.62. The van der Waals surface area contributed by atoms with Crippen LogP contribution in [-0.2, 0) is 9.47 Å². The molecule has 0 bridgehead atoms. The van der Waals surface area contributed by atoms with Crippen LogP contribution in [0.3, 0.4) is 0 Å².